The molecule has 2 heterocycles. The number of nitrogens with zero attached hydrogens (tertiary/aromatic N) is 2. The van der Waals surface area contributed by atoms with Gasteiger partial charge in [0.2, 0.25) is 11.8 Å². The van der Waals surface area contributed by atoms with Crippen LogP contribution < -0.4 is 5.73 Å². The molecule has 0 spiro atoms. The maximum atomic E-state index is 12.4. The van der Waals surface area contributed by atoms with Gasteiger partial charge in [-0.25, -0.2) is 0 Å². The normalized spacial score (nSPS) is 21.6. The van der Waals surface area contributed by atoms with Gasteiger partial charge in [-0.2, -0.15) is 0 Å². The zero-order valence-electron chi connectivity index (χ0n) is 11.6. The minimum Gasteiger partial charge on any atom is -0.389 e. The summed E-state index contributed by atoms with van der Waals surface area (Å²) >= 11 is 4.91. The molecule has 2 N–H and O–H groups in total. The van der Waals surface area contributed by atoms with Crippen LogP contribution in [0.15, 0.2) is 24.3 Å². The van der Waals surface area contributed by atoms with Gasteiger partial charge in [-0.1, -0.05) is 36.5 Å². The molecule has 110 valence electrons. The second kappa shape index (κ2) is 5.44. The van der Waals surface area contributed by atoms with E-state index in [1.807, 2.05) is 24.3 Å². The van der Waals surface area contributed by atoms with E-state index < -0.39 is 0 Å². The molecule has 6 heteroatoms. The monoisotopic (exact) mass is 303 g/mol. The van der Waals surface area contributed by atoms with Crippen molar-refractivity contribution in [3.63, 3.8) is 0 Å². The van der Waals surface area contributed by atoms with Gasteiger partial charge in [-0.3, -0.25) is 9.59 Å². The Bertz CT molecular complexity index is 599. The first-order chi connectivity index (χ1) is 10.1. The van der Waals surface area contributed by atoms with Gasteiger partial charge < -0.3 is 15.5 Å². The van der Waals surface area contributed by atoms with Crippen LogP contribution in [0.5, 0.6) is 0 Å². The van der Waals surface area contributed by atoms with E-state index in [-0.39, 0.29) is 24.4 Å². The molecule has 1 unspecified atom stereocenters. The van der Waals surface area contributed by atoms with E-state index in [1.54, 1.807) is 9.80 Å². The first-order valence-electron chi connectivity index (χ1n) is 7.03. The molecule has 2 aliphatic rings. The Kier molecular flexibility index (Phi) is 3.63. The van der Waals surface area contributed by atoms with Crippen molar-refractivity contribution in [2.24, 2.45) is 5.73 Å². The molecular formula is C15H17N3O2S. The molecule has 1 atom stereocenters. The van der Waals surface area contributed by atoms with Crippen LogP contribution >= 0.6 is 12.2 Å². The molecule has 0 radical (unpaired) electrons. The number of nitrogens with two attached hydrogens (primary N) is 1. The van der Waals surface area contributed by atoms with Crippen molar-refractivity contribution in [1.29, 1.82) is 0 Å². The fourth-order valence-electron chi connectivity index (χ4n) is 2.99. The van der Waals surface area contributed by atoms with Crippen LogP contribution in [0, 0.1) is 0 Å². The number of carbonyl (C=O) groups is 2. The Labute approximate surface area is 128 Å². The highest BCUT2D eigenvalue weighted by Crippen LogP contribution is 2.24. The second-order valence-corrected chi connectivity index (χ2v) is 5.94. The van der Waals surface area contributed by atoms with Gasteiger partial charge in [-0.15, -0.1) is 0 Å². The zero-order valence-corrected chi connectivity index (χ0v) is 12.4. The Hall–Kier alpha value is -1.95. The van der Waals surface area contributed by atoms with Crippen LogP contribution in [0.4, 0.5) is 0 Å². The highest BCUT2D eigenvalue weighted by Gasteiger charge is 2.41. The highest BCUT2D eigenvalue weighted by atomic mass is 32.1. The van der Waals surface area contributed by atoms with E-state index >= 15 is 0 Å². The van der Waals surface area contributed by atoms with E-state index in [1.165, 1.54) is 0 Å². The van der Waals surface area contributed by atoms with Gasteiger partial charge in [0.25, 0.3) is 0 Å². The molecular weight excluding hydrogens is 286 g/mol. The first-order valence-corrected chi connectivity index (χ1v) is 7.44. The third kappa shape index (κ3) is 2.63. The Morgan fingerprint density at radius 2 is 2.00 bits per heavy atom. The SMILES string of the molecule is NC(=S)c1ccc(CN2CC(=O)N3CCCC3C2=O)cc1. The fraction of sp³-hybridized carbons (Fsp3) is 0.400. The summed E-state index contributed by atoms with van der Waals surface area (Å²) < 4.78 is 0. The summed E-state index contributed by atoms with van der Waals surface area (Å²) in [6, 6.07) is 7.23. The minimum absolute atomic E-state index is 0.0526. The molecule has 21 heavy (non-hydrogen) atoms. The lowest BCUT2D eigenvalue weighted by molar-refractivity contribution is -0.154. The van der Waals surface area contributed by atoms with E-state index in [9.17, 15) is 9.59 Å². The lowest BCUT2D eigenvalue weighted by atomic mass is 10.1. The van der Waals surface area contributed by atoms with Crippen molar-refractivity contribution in [2.45, 2.75) is 25.4 Å². The topological polar surface area (TPSA) is 66.6 Å². The molecule has 2 saturated heterocycles. The Morgan fingerprint density at radius 3 is 2.67 bits per heavy atom. The molecule has 1 aromatic rings. The predicted molar refractivity (Wildman–Crippen MR) is 82.5 cm³/mol. The van der Waals surface area contributed by atoms with Gasteiger partial charge in [0, 0.05) is 18.7 Å². The highest BCUT2D eigenvalue weighted by molar-refractivity contribution is 7.80. The zero-order chi connectivity index (χ0) is 15.0. The maximum Gasteiger partial charge on any atom is 0.246 e. The standard InChI is InChI=1S/C15H17N3O2S/c16-14(21)11-5-3-10(4-6-11)8-17-9-13(19)18-7-1-2-12(18)15(17)20/h3-6,12H,1-2,7-9H2,(H2,16,21). The average Bonchev–Trinajstić information content (AvgIpc) is 2.95. The quantitative estimate of drug-likeness (QED) is 0.833. The molecule has 2 aliphatic heterocycles. The summed E-state index contributed by atoms with van der Waals surface area (Å²) in [7, 11) is 0. The molecule has 0 saturated carbocycles. The van der Waals surface area contributed by atoms with Crippen LogP contribution in [-0.4, -0.2) is 45.7 Å². The number of piperazine rings is 1. The predicted octanol–water partition coefficient (Wildman–Crippen LogP) is 0.654. The van der Waals surface area contributed by atoms with Crippen LogP contribution in [-0.2, 0) is 16.1 Å². The van der Waals surface area contributed by atoms with Gasteiger partial charge in [0.1, 0.15) is 17.6 Å². The van der Waals surface area contributed by atoms with Gasteiger partial charge in [0.05, 0.1) is 0 Å². The number of thiocarbonyl (C=S) groups is 1. The Morgan fingerprint density at radius 1 is 1.29 bits per heavy atom. The largest absolute Gasteiger partial charge is 0.389 e. The van der Waals surface area contributed by atoms with Crippen molar-refractivity contribution in [3.05, 3.63) is 35.4 Å². The molecule has 0 aromatic heterocycles. The number of rotatable bonds is 3. The molecule has 1 aromatic carbocycles. The van der Waals surface area contributed by atoms with E-state index in [0.717, 1.165) is 24.0 Å². The molecule has 2 amide bonds. The number of benzene rings is 1. The summed E-state index contributed by atoms with van der Waals surface area (Å²) in [5.74, 6) is 0.113. The minimum atomic E-state index is -0.248. The molecule has 0 bridgehead atoms. The van der Waals surface area contributed by atoms with Crippen molar-refractivity contribution >= 4 is 29.0 Å². The van der Waals surface area contributed by atoms with Gasteiger partial charge in [-0.05, 0) is 18.4 Å². The summed E-state index contributed by atoms with van der Waals surface area (Å²) in [4.78, 5) is 28.2. The van der Waals surface area contributed by atoms with Crippen molar-refractivity contribution in [2.75, 3.05) is 13.1 Å². The van der Waals surface area contributed by atoms with E-state index in [0.29, 0.717) is 18.1 Å². The van der Waals surface area contributed by atoms with Crippen LogP contribution in [0.25, 0.3) is 0 Å². The van der Waals surface area contributed by atoms with Crippen molar-refractivity contribution < 1.29 is 9.59 Å². The van der Waals surface area contributed by atoms with Gasteiger partial charge >= 0.3 is 0 Å². The fourth-order valence-corrected chi connectivity index (χ4v) is 3.13. The molecule has 3 rings (SSSR count). The number of hydrogen-bond donors (Lipinski definition) is 1. The summed E-state index contributed by atoms with van der Waals surface area (Å²) in [6.07, 6.45) is 1.69. The van der Waals surface area contributed by atoms with Crippen LogP contribution in [0.2, 0.25) is 0 Å². The first kappa shape index (κ1) is 14.0. The smallest absolute Gasteiger partial charge is 0.246 e. The number of carbonyl (C=O) groups excluding carboxylic acids is 2. The van der Waals surface area contributed by atoms with Crippen LogP contribution in [0.1, 0.15) is 24.0 Å². The third-order valence-corrected chi connectivity index (χ3v) is 4.34. The van der Waals surface area contributed by atoms with E-state index in [2.05, 4.69) is 0 Å². The third-order valence-electron chi connectivity index (χ3n) is 4.11. The summed E-state index contributed by atoms with van der Waals surface area (Å²) in [6.45, 7) is 1.34. The van der Waals surface area contributed by atoms with Crippen molar-refractivity contribution in [1.82, 2.24) is 9.80 Å². The van der Waals surface area contributed by atoms with Gasteiger partial charge in [0.15, 0.2) is 0 Å². The van der Waals surface area contributed by atoms with Crippen molar-refractivity contribution in [3.8, 4) is 0 Å². The van der Waals surface area contributed by atoms with E-state index in [4.69, 9.17) is 18.0 Å². The second-order valence-electron chi connectivity index (χ2n) is 5.50. The maximum absolute atomic E-state index is 12.4. The molecule has 0 aliphatic carbocycles. The Balaban J connectivity index is 1.73. The lowest BCUT2D eigenvalue weighted by Gasteiger charge is -2.36. The average molecular weight is 303 g/mol. The number of fused-ring (bicyclic) bond motifs is 1. The molecule has 2 fully saturated rings. The van der Waals surface area contributed by atoms with Crippen LogP contribution in [0.3, 0.4) is 0 Å². The number of hydrogen-bond acceptors (Lipinski definition) is 3. The summed E-state index contributed by atoms with van der Waals surface area (Å²) in [5.41, 5.74) is 7.34. The molecule has 5 nitrogen and oxygen atoms in total. The summed E-state index contributed by atoms with van der Waals surface area (Å²) in [5, 5.41) is 0. The number of amides is 2. The lowest BCUT2D eigenvalue weighted by Crippen LogP contribution is -2.56.